The Bertz CT molecular complexity index is 89.0. The number of nitrogens with one attached hydrogen (secondary N) is 1. The zero-order chi connectivity index (χ0) is 8.10. The molecule has 0 aromatic rings. The lowest BCUT2D eigenvalue weighted by Gasteiger charge is -2.24. The smallest absolute Gasteiger partial charge is 0.00958 e. The summed E-state index contributed by atoms with van der Waals surface area (Å²) in [4.78, 5) is 0. The summed E-state index contributed by atoms with van der Waals surface area (Å²) in [5.74, 6) is 1.05. The van der Waals surface area contributed by atoms with Gasteiger partial charge >= 0.3 is 0 Å². The molecule has 2 rings (SSSR count). The van der Waals surface area contributed by atoms with Crippen LogP contribution in [0.2, 0.25) is 0 Å². The first-order valence-electron chi connectivity index (χ1n) is 5.20. The zero-order valence-corrected chi connectivity index (χ0v) is 7.90. The van der Waals surface area contributed by atoms with Gasteiger partial charge in [0.05, 0.1) is 0 Å². The van der Waals surface area contributed by atoms with Gasteiger partial charge in [-0.25, -0.2) is 0 Å². The molecule has 66 valence electrons. The molecular formula is C10H21N. The topological polar surface area (TPSA) is 12.0 Å². The molecule has 0 bridgehead atoms. The van der Waals surface area contributed by atoms with E-state index in [-0.39, 0.29) is 0 Å². The summed E-state index contributed by atoms with van der Waals surface area (Å²) in [6.45, 7) is 5.29. The van der Waals surface area contributed by atoms with E-state index in [2.05, 4.69) is 5.32 Å². The van der Waals surface area contributed by atoms with E-state index in [9.17, 15) is 0 Å². The minimum Gasteiger partial charge on any atom is -0.314 e. The second-order valence-electron chi connectivity index (χ2n) is 3.39. The molecule has 1 heterocycles. The Balaban J connectivity index is 0.000000281. The molecule has 1 saturated heterocycles. The average molecular weight is 155 g/mol. The first-order chi connectivity index (χ1) is 5.47. The highest BCUT2D eigenvalue weighted by Gasteiger charge is 2.28. The van der Waals surface area contributed by atoms with Crippen molar-refractivity contribution in [3.63, 3.8) is 0 Å². The highest BCUT2D eigenvalue weighted by molar-refractivity contribution is 4.86. The first-order valence-corrected chi connectivity index (χ1v) is 5.20. The van der Waals surface area contributed by atoms with Crippen LogP contribution in [0.5, 0.6) is 0 Å². The quantitative estimate of drug-likeness (QED) is 0.567. The fraction of sp³-hybridized carbons (Fsp3) is 1.00. The second kappa shape index (κ2) is 4.76. The molecule has 0 aromatic carbocycles. The molecule has 1 aliphatic heterocycles. The summed E-state index contributed by atoms with van der Waals surface area (Å²) >= 11 is 0. The van der Waals surface area contributed by atoms with E-state index in [1.54, 1.807) is 0 Å². The van der Waals surface area contributed by atoms with E-state index in [1.165, 1.54) is 38.6 Å². The van der Waals surface area contributed by atoms with Crippen LogP contribution >= 0.6 is 0 Å². The van der Waals surface area contributed by atoms with Crippen molar-refractivity contribution in [1.82, 2.24) is 5.32 Å². The van der Waals surface area contributed by atoms with Crippen LogP contribution < -0.4 is 5.32 Å². The molecule has 1 heteroatoms. The lowest BCUT2D eigenvalue weighted by atomic mass is 9.86. The molecular weight excluding hydrogens is 134 g/mol. The molecule has 11 heavy (non-hydrogen) atoms. The van der Waals surface area contributed by atoms with Crippen molar-refractivity contribution in [3.8, 4) is 0 Å². The van der Waals surface area contributed by atoms with Crippen LogP contribution in [0.4, 0.5) is 0 Å². The predicted molar refractivity (Wildman–Crippen MR) is 49.7 cm³/mol. The molecule has 2 aliphatic rings. The molecule has 0 aromatic heterocycles. The number of rotatable bonds is 0. The Labute approximate surface area is 70.6 Å². The summed E-state index contributed by atoms with van der Waals surface area (Å²) < 4.78 is 0. The summed E-state index contributed by atoms with van der Waals surface area (Å²) in [7, 11) is 0. The number of hydrogen-bond donors (Lipinski definition) is 1. The van der Waals surface area contributed by atoms with E-state index in [1.807, 2.05) is 13.8 Å². The fourth-order valence-corrected chi connectivity index (χ4v) is 2.28. The van der Waals surface area contributed by atoms with Crippen LogP contribution in [0.1, 0.15) is 46.0 Å². The molecule has 0 amide bonds. The summed E-state index contributed by atoms with van der Waals surface area (Å²) in [6.07, 6.45) is 7.35. The van der Waals surface area contributed by atoms with Crippen molar-refractivity contribution in [2.24, 2.45) is 5.92 Å². The summed E-state index contributed by atoms with van der Waals surface area (Å²) in [5.41, 5.74) is 0. The van der Waals surface area contributed by atoms with Crippen LogP contribution in [-0.4, -0.2) is 12.6 Å². The fourth-order valence-electron chi connectivity index (χ4n) is 2.28. The van der Waals surface area contributed by atoms with Gasteiger partial charge in [-0.1, -0.05) is 26.7 Å². The first kappa shape index (κ1) is 9.05. The number of hydrogen-bond acceptors (Lipinski definition) is 1. The largest absolute Gasteiger partial charge is 0.314 e. The van der Waals surface area contributed by atoms with Gasteiger partial charge in [0.25, 0.3) is 0 Å². The van der Waals surface area contributed by atoms with Crippen molar-refractivity contribution in [3.05, 3.63) is 0 Å². The van der Waals surface area contributed by atoms with Gasteiger partial charge in [0.15, 0.2) is 0 Å². The Hall–Kier alpha value is -0.0400. The van der Waals surface area contributed by atoms with E-state index in [0.29, 0.717) is 0 Å². The van der Waals surface area contributed by atoms with E-state index < -0.39 is 0 Å². The third kappa shape index (κ3) is 2.19. The van der Waals surface area contributed by atoms with Crippen LogP contribution in [0.25, 0.3) is 0 Å². The van der Waals surface area contributed by atoms with E-state index in [4.69, 9.17) is 0 Å². The standard InChI is InChI=1S/C8H15N.C2H6/c1-2-4-8-7(3-1)5-6-9-8;1-2/h7-9H,1-6H2;1-2H3. The zero-order valence-electron chi connectivity index (χ0n) is 7.90. The Kier molecular flexibility index (Phi) is 3.92. The third-order valence-electron chi connectivity index (χ3n) is 2.83. The average Bonchev–Trinajstić information content (AvgIpc) is 2.55. The predicted octanol–water partition coefficient (Wildman–Crippen LogP) is 2.56. The second-order valence-corrected chi connectivity index (χ2v) is 3.39. The van der Waals surface area contributed by atoms with Crippen molar-refractivity contribution >= 4 is 0 Å². The SMILES string of the molecule is C1CCC2NCCC2C1.CC. The molecule has 0 spiro atoms. The molecule has 1 nitrogen and oxygen atoms in total. The van der Waals surface area contributed by atoms with E-state index in [0.717, 1.165) is 12.0 Å². The summed E-state index contributed by atoms with van der Waals surface area (Å²) in [6, 6.07) is 0.916. The Morgan fingerprint density at radius 2 is 1.73 bits per heavy atom. The van der Waals surface area contributed by atoms with Gasteiger partial charge in [-0.2, -0.15) is 0 Å². The number of fused-ring (bicyclic) bond motifs is 1. The summed E-state index contributed by atoms with van der Waals surface area (Å²) in [5, 5.41) is 3.56. The molecule has 1 aliphatic carbocycles. The van der Waals surface area contributed by atoms with Gasteiger partial charge in [0, 0.05) is 6.04 Å². The maximum Gasteiger partial charge on any atom is 0.00958 e. The van der Waals surface area contributed by atoms with Crippen LogP contribution in [0, 0.1) is 5.92 Å². The molecule has 1 N–H and O–H groups in total. The van der Waals surface area contributed by atoms with Gasteiger partial charge < -0.3 is 5.32 Å². The lowest BCUT2D eigenvalue weighted by Crippen LogP contribution is -2.29. The highest BCUT2D eigenvalue weighted by atomic mass is 15.0. The monoisotopic (exact) mass is 155 g/mol. The molecule has 0 radical (unpaired) electrons. The van der Waals surface area contributed by atoms with Crippen molar-refractivity contribution in [2.45, 2.75) is 52.0 Å². The maximum absolute atomic E-state index is 3.56. The van der Waals surface area contributed by atoms with Crippen molar-refractivity contribution < 1.29 is 0 Å². The van der Waals surface area contributed by atoms with E-state index >= 15 is 0 Å². The molecule has 2 fully saturated rings. The van der Waals surface area contributed by atoms with Gasteiger partial charge in [-0.3, -0.25) is 0 Å². The van der Waals surface area contributed by atoms with Gasteiger partial charge in [0.1, 0.15) is 0 Å². The minimum absolute atomic E-state index is 0.916. The third-order valence-corrected chi connectivity index (χ3v) is 2.83. The Morgan fingerprint density at radius 3 is 2.45 bits per heavy atom. The normalized spacial score (nSPS) is 35.5. The maximum atomic E-state index is 3.56. The highest BCUT2D eigenvalue weighted by Crippen LogP contribution is 2.29. The molecule has 1 saturated carbocycles. The van der Waals surface area contributed by atoms with Gasteiger partial charge in [-0.15, -0.1) is 0 Å². The molecule has 2 unspecified atom stereocenters. The van der Waals surface area contributed by atoms with Crippen molar-refractivity contribution in [2.75, 3.05) is 6.54 Å². The van der Waals surface area contributed by atoms with Crippen LogP contribution in [-0.2, 0) is 0 Å². The molecule has 2 atom stereocenters. The Morgan fingerprint density at radius 1 is 1.00 bits per heavy atom. The van der Waals surface area contributed by atoms with Crippen molar-refractivity contribution in [1.29, 1.82) is 0 Å². The van der Waals surface area contributed by atoms with Gasteiger partial charge in [0.2, 0.25) is 0 Å². The van der Waals surface area contributed by atoms with Crippen LogP contribution in [0.3, 0.4) is 0 Å². The van der Waals surface area contributed by atoms with Crippen LogP contribution in [0.15, 0.2) is 0 Å². The minimum atomic E-state index is 0.916. The lowest BCUT2D eigenvalue weighted by molar-refractivity contribution is 0.326. The van der Waals surface area contributed by atoms with Gasteiger partial charge in [-0.05, 0) is 31.7 Å².